The standard InChI is InChI=1S/C16H22N2O4S/c1-11-5-7-13(8-6-11)17-14(19)10-23-12(2)16(21)22-9-15(20)18(3)4/h5-8,12H,9-10H2,1-4H3,(H,17,19)/t12-/m1/s1. The zero-order valence-corrected chi connectivity index (χ0v) is 14.6. The highest BCUT2D eigenvalue weighted by molar-refractivity contribution is 8.01. The quantitative estimate of drug-likeness (QED) is 0.766. The molecule has 0 saturated carbocycles. The van der Waals surface area contributed by atoms with Crippen molar-refractivity contribution < 1.29 is 19.1 Å². The molecule has 0 fully saturated rings. The van der Waals surface area contributed by atoms with E-state index in [2.05, 4.69) is 5.32 Å². The Morgan fingerprint density at radius 1 is 1.22 bits per heavy atom. The summed E-state index contributed by atoms with van der Waals surface area (Å²) in [6.07, 6.45) is 0. The van der Waals surface area contributed by atoms with E-state index in [9.17, 15) is 14.4 Å². The van der Waals surface area contributed by atoms with Crippen LogP contribution in [-0.4, -0.2) is 54.4 Å². The van der Waals surface area contributed by atoms with E-state index in [1.807, 2.05) is 31.2 Å². The number of thioether (sulfide) groups is 1. The molecule has 0 radical (unpaired) electrons. The molecule has 1 N–H and O–H groups in total. The number of nitrogens with zero attached hydrogens (tertiary/aromatic N) is 1. The second kappa shape index (κ2) is 9.19. The van der Waals surface area contributed by atoms with E-state index in [1.54, 1.807) is 21.0 Å². The molecule has 0 spiro atoms. The van der Waals surface area contributed by atoms with Gasteiger partial charge in [-0.05, 0) is 26.0 Å². The third kappa shape index (κ3) is 7.19. The maximum absolute atomic E-state index is 11.8. The number of esters is 1. The smallest absolute Gasteiger partial charge is 0.319 e. The molecular formula is C16H22N2O4S. The molecule has 1 aromatic carbocycles. The summed E-state index contributed by atoms with van der Waals surface area (Å²) in [5.74, 6) is -0.852. The Morgan fingerprint density at radius 3 is 2.39 bits per heavy atom. The van der Waals surface area contributed by atoms with E-state index in [0.29, 0.717) is 5.69 Å². The van der Waals surface area contributed by atoms with Crippen molar-refractivity contribution >= 4 is 35.2 Å². The van der Waals surface area contributed by atoms with Gasteiger partial charge in [0.15, 0.2) is 6.61 Å². The number of carbonyl (C=O) groups excluding carboxylic acids is 3. The molecule has 2 amide bonds. The van der Waals surface area contributed by atoms with E-state index in [0.717, 1.165) is 17.3 Å². The number of ether oxygens (including phenoxy) is 1. The molecule has 0 aliphatic carbocycles. The largest absolute Gasteiger partial charge is 0.455 e. The average molecular weight is 338 g/mol. The van der Waals surface area contributed by atoms with Gasteiger partial charge in [-0.3, -0.25) is 14.4 Å². The third-order valence-corrected chi connectivity index (χ3v) is 4.09. The number of aryl methyl sites for hydroxylation is 1. The monoisotopic (exact) mass is 338 g/mol. The molecule has 0 aliphatic heterocycles. The van der Waals surface area contributed by atoms with Crippen LogP contribution in [0.2, 0.25) is 0 Å². The van der Waals surface area contributed by atoms with Crippen LogP contribution in [0.1, 0.15) is 12.5 Å². The summed E-state index contributed by atoms with van der Waals surface area (Å²) in [6, 6.07) is 7.46. The SMILES string of the molecule is Cc1ccc(NC(=O)CS[C@H](C)C(=O)OCC(=O)N(C)C)cc1. The third-order valence-electron chi connectivity index (χ3n) is 2.97. The first kappa shape index (κ1) is 19.0. The lowest BCUT2D eigenvalue weighted by Gasteiger charge is -2.13. The lowest BCUT2D eigenvalue weighted by Crippen LogP contribution is -2.30. The molecule has 6 nitrogen and oxygen atoms in total. The molecule has 0 saturated heterocycles. The number of nitrogens with one attached hydrogen (secondary N) is 1. The molecule has 126 valence electrons. The second-order valence-corrected chi connectivity index (χ2v) is 6.59. The normalized spacial score (nSPS) is 11.5. The highest BCUT2D eigenvalue weighted by Crippen LogP contribution is 2.14. The zero-order chi connectivity index (χ0) is 17.4. The number of carbonyl (C=O) groups is 3. The highest BCUT2D eigenvalue weighted by Gasteiger charge is 2.18. The molecule has 1 aromatic rings. The van der Waals surface area contributed by atoms with Crippen molar-refractivity contribution in [2.75, 3.05) is 31.8 Å². The minimum Gasteiger partial charge on any atom is -0.455 e. The number of likely N-dealkylation sites (N-methyl/N-ethyl adjacent to an activating group) is 1. The zero-order valence-electron chi connectivity index (χ0n) is 13.8. The Bertz CT molecular complexity index is 558. The van der Waals surface area contributed by atoms with Crippen molar-refractivity contribution in [1.29, 1.82) is 0 Å². The summed E-state index contributed by atoms with van der Waals surface area (Å²) in [5, 5.41) is 2.24. The summed E-state index contributed by atoms with van der Waals surface area (Å²) in [7, 11) is 3.17. The van der Waals surface area contributed by atoms with Gasteiger partial charge >= 0.3 is 5.97 Å². The van der Waals surface area contributed by atoms with E-state index >= 15 is 0 Å². The molecule has 1 rings (SSSR count). The van der Waals surface area contributed by atoms with Crippen LogP contribution in [0.25, 0.3) is 0 Å². The lowest BCUT2D eigenvalue weighted by atomic mass is 10.2. The van der Waals surface area contributed by atoms with Crippen molar-refractivity contribution in [2.24, 2.45) is 0 Å². The maximum atomic E-state index is 11.8. The van der Waals surface area contributed by atoms with Crippen LogP contribution in [0.15, 0.2) is 24.3 Å². The molecule has 23 heavy (non-hydrogen) atoms. The minimum absolute atomic E-state index is 0.131. The van der Waals surface area contributed by atoms with E-state index in [1.165, 1.54) is 4.90 Å². The molecule has 0 aromatic heterocycles. The maximum Gasteiger partial charge on any atom is 0.319 e. The van der Waals surface area contributed by atoms with Crippen molar-refractivity contribution in [2.45, 2.75) is 19.1 Å². The number of hydrogen-bond acceptors (Lipinski definition) is 5. The number of hydrogen-bond donors (Lipinski definition) is 1. The predicted octanol–water partition coefficient (Wildman–Crippen LogP) is 1.69. The van der Waals surface area contributed by atoms with Crippen LogP contribution in [0.3, 0.4) is 0 Å². The second-order valence-electron chi connectivity index (χ2n) is 5.26. The predicted molar refractivity (Wildman–Crippen MR) is 91.4 cm³/mol. The summed E-state index contributed by atoms with van der Waals surface area (Å²) in [4.78, 5) is 36.3. The van der Waals surface area contributed by atoms with Crippen LogP contribution in [0.4, 0.5) is 5.69 Å². The van der Waals surface area contributed by atoms with Crippen LogP contribution in [0.5, 0.6) is 0 Å². The Balaban J connectivity index is 2.32. The van der Waals surface area contributed by atoms with Crippen LogP contribution < -0.4 is 5.32 Å². The van der Waals surface area contributed by atoms with Crippen molar-refractivity contribution in [1.82, 2.24) is 4.90 Å². The van der Waals surface area contributed by atoms with Gasteiger partial charge in [0.1, 0.15) is 5.25 Å². The van der Waals surface area contributed by atoms with Crippen molar-refractivity contribution in [3.8, 4) is 0 Å². The van der Waals surface area contributed by atoms with Gasteiger partial charge in [-0.15, -0.1) is 11.8 Å². The van der Waals surface area contributed by atoms with Gasteiger partial charge in [0.25, 0.3) is 5.91 Å². The van der Waals surface area contributed by atoms with Gasteiger partial charge in [0, 0.05) is 19.8 Å². The molecule has 0 unspecified atom stereocenters. The number of anilines is 1. The van der Waals surface area contributed by atoms with E-state index in [-0.39, 0.29) is 24.2 Å². The summed E-state index contributed by atoms with van der Waals surface area (Å²) in [6.45, 7) is 3.33. The molecule has 0 heterocycles. The van der Waals surface area contributed by atoms with Gasteiger partial charge in [0.2, 0.25) is 5.91 Å². The number of benzene rings is 1. The van der Waals surface area contributed by atoms with Crippen LogP contribution in [0, 0.1) is 6.92 Å². The lowest BCUT2D eigenvalue weighted by molar-refractivity contribution is -0.150. The van der Waals surface area contributed by atoms with Gasteiger partial charge in [0.05, 0.1) is 5.75 Å². The minimum atomic E-state index is -0.520. The van der Waals surface area contributed by atoms with Gasteiger partial charge < -0.3 is 15.0 Å². The topological polar surface area (TPSA) is 75.7 Å². The van der Waals surface area contributed by atoms with Crippen LogP contribution >= 0.6 is 11.8 Å². The fraction of sp³-hybridized carbons (Fsp3) is 0.438. The van der Waals surface area contributed by atoms with Gasteiger partial charge in [-0.2, -0.15) is 0 Å². The number of amides is 2. The van der Waals surface area contributed by atoms with Crippen LogP contribution in [-0.2, 0) is 19.1 Å². The molecule has 0 bridgehead atoms. The van der Waals surface area contributed by atoms with E-state index in [4.69, 9.17) is 4.74 Å². The molecule has 0 aliphatic rings. The molecule has 1 atom stereocenters. The first-order chi connectivity index (χ1) is 10.8. The number of rotatable bonds is 7. The van der Waals surface area contributed by atoms with Gasteiger partial charge in [-0.1, -0.05) is 17.7 Å². The first-order valence-electron chi connectivity index (χ1n) is 7.14. The van der Waals surface area contributed by atoms with Crippen molar-refractivity contribution in [3.05, 3.63) is 29.8 Å². The fourth-order valence-corrected chi connectivity index (χ4v) is 2.16. The Labute approximate surface area is 140 Å². The van der Waals surface area contributed by atoms with Gasteiger partial charge in [-0.25, -0.2) is 0 Å². The Kier molecular flexibility index (Phi) is 7.61. The summed E-state index contributed by atoms with van der Waals surface area (Å²) < 4.78 is 4.91. The summed E-state index contributed by atoms with van der Waals surface area (Å²) >= 11 is 1.16. The average Bonchev–Trinajstić information content (AvgIpc) is 2.51. The molecular weight excluding hydrogens is 316 g/mol. The Morgan fingerprint density at radius 2 is 1.83 bits per heavy atom. The first-order valence-corrected chi connectivity index (χ1v) is 8.19. The highest BCUT2D eigenvalue weighted by atomic mass is 32.2. The summed E-state index contributed by atoms with van der Waals surface area (Å²) in [5.41, 5.74) is 1.83. The van der Waals surface area contributed by atoms with Crippen molar-refractivity contribution in [3.63, 3.8) is 0 Å². The molecule has 7 heteroatoms. The van der Waals surface area contributed by atoms with E-state index < -0.39 is 11.2 Å². The fourth-order valence-electron chi connectivity index (χ4n) is 1.48. The Hall–Kier alpha value is -2.02.